The number of amides is 1. The van der Waals surface area contributed by atoms with Crippen molar-refractivity contribution in [3.05, 3.63) is 46.3 Å². The molecule has 136 valence electrons. The third-order valence-electron chi connectivity index (χ3n) is 4.95. The van der Waals surface area contributed by atoms with Gasteiger partial charge in [0.05, 0.1) is 12.6 Å². The number of guanidine groups is 1. The van der Waals surface area contributed by atoms with Crippen LogP contribution in [0, 0.1) is 0 Å². The molecule has 2 saturated heterocycles. The van der Waals surface area contributed by atoms with E-state index in [1.807, 2.05) is 30.3 Å². The largest absolute Gasteiger partial charge is 0.444 e. The minimum absolute atomic E-state index is 0.134. The molecule has 2 bridgehead atoms. The number of benzene rings is 1. The zero-order chi connectivity index (χ0) is 18.1. The number of alkyl carbamates (subject to hydrolysis) is 1. The van der Waals surface area contributed by atoms with Gasteiger partial charge in [0.2, 0.25) is 5.96 Å². The molecule has 1 aromatic carbocycles. The topological polar surface area (TPSA) is 132 Å². The third-order valence-corrected chi connectivity index (χ3v) is 4.95. The molecule has 10 nitrogen and oxygen atoms in total. The monoisotopic (exact) mass is 358 g/mol. The molecule has 4 atom stereocenters. The minimum atomic E-state index is -1.18. The molecule has 0 unspecified atom stereocenters. The molecule has 4 rings (SSSR count). The highest BCUT2D eigenvalue weighted by molar-refractivity contribution is 5.95. The van der Waals surface area contributed by atoms with E-state index in [1.165, 1.54) is 0 Å². The van der Waals surface area contributed by atoms with E-state index in [4.69, 9.17) is 15.0 Å². The maximum Gasteiger partial charge on any atom is 0.414 e. The van der Waals surface area contributed by atoms with Crippen molar-refractivity contribution in [2.24, 2.45) is 10.1 Å². The van der Waals surface area contributed by atoms with Gasteiger partial charge in [-0.25, -0.2) is 9.79 Å². The molecule has 0 radical (unpaired) electrons. The molecule has 1 aromatic rings. The number of carbonyl (C=O) groups excluding carboxylic acids is 1. The molecule has 3 aliphatic heterocycles. The van der Waals surface area contributed by atoms with Gasteiger partial charge >= 0.3 is 6.09 Å². The lowest BCUT2D eigenvalue weighted by molar-refractivity contribution is -0.135. The van der Waals surface area contributed by atoms with Gasteiger partial charge in [0.25, 0.3) is 0 Å². The van der Waals surface area contributed by atoms with Crippen molar-refractivity contribution < 1.29 is 19.4 Å². The number of nitrogens with zero attached hydrogens (tertiary/aromatic N) is 5. The van der Waals surface area contributed by atoms with Crippen LogP contribution in [0.25, 0.3) is 10.4 Å². The first kappa shape index (κ1) is 16.6. The van der Waals surface area contributed by atoms with Gasteiger partial charge in [-0.1, -0.05) is 35.4 Å². The Labute approximate surface area is 149 Å². The summed E-state index contributed by atoms with van der Waals surface area (Å²) >= 11 is 0. The highest BCUT2D eigenvalue weighted by Crippen LogP contribution is 2.45. The smallest absolute Gasteiger partial charge is 0.414 e. The molecule has 0 saturated carbocycles. The van der Waals surface area contributed by atoms with Crippen molar-refractivity contribution in [2.75, 3.05) is 13.2 Å². The quantitative estimate of drug-likeness (QED) is 0.475. The summed E-state index contributed by atoms with van der Waals surface area (Å²) in [6.45, 7) is 0.764. The number of aliphatic hydroxyl groups is 1. The van der Waals surface area contributed by atoms with E-state index < -0.39 is 30.0 Å². The van der Waals surface area contributed by atoms with Gasteiger partial charge in [-0.2, -0.15) is 0 Å². The van der Waals surface area contributed by atoms with Gasteiger partial charge in [0.15, 0.2) is 5.72 Å². The SMILES string of the molecule is [N-]=[N+]=N[C@H]1[C@@H]2CO[C@]13[C@H](O)CCN3C(NC(=O)OCc1ccccc1)=N2. The number of aliphatic imine (C=N–C) groups is 1. The zero-order valence-corrected chi connectivity index (χ0v) is 13.9. The van der Waals surface area contributed by atoms with E-state index in [9.17, 15) is 9.90 Å². The Balaban J connectivity index is 1.50. The van der Waals surface area contributed by atoms with Crippen molar-refractivity contribution in [1.29, 1.82) is 0 Å². The third kappa shape index (κ3) is 2.55. The summed E-state index contributed by atoms with van der Waals surface area (Å²) in [5, 5.41) is 16.9. The molecule has 3 heterocycles. The van der Waals surface area contributed by atoms with Gasteiger partial charge in [0, 0.05) is 11.5 Å². The minimum Gasteiger partial charge on any atom is -0.444 e. The maximum absolute atomic E-state index is 12.2. The first-order valence-electron chi connectivity index (χ1n) is 8.34. The second kappa shape index (κ2) is 6.49. The summed E-state index contributed by atoms with van der Waals surface area (Å²) in [5.41, 5.74) is 8.53. The summed E-state index contributed by atoms with van der Waals surface area (Å²) < 4.78 is 11.0. The number of carbonyl (C=O) groups is 1. The molecule has 1 spiro atoms. The highest BCUT2D eigenvalue weighted by Gasteiger charge is 2.64. The van der Waals surface area contributed by atoms with Gasteiger partial charge in [0.1, 0.15) is 18.8 Å². The summed E-state index contributed by atoms with van der Waals surface area (Å²) in [7, 11) is 0. The maximum atomic E-state index is 12.2. The fourth-order valence-electron chi connectivity index (χ4n) is 3.79. The molecule has 10 heteroatoms. The lowest BCUT2D eigenvalue weighted by atomic mass is 9.95. The number of rotatable bonds is 3. The Morgan fingerprint density at radius 2 is 2.35 bits per heavy atom. The van der Waals surface area contributed by atoms with Crippen LogP contribution in [0.3, 0.4) is 0 Å². The predicted octanol–water partition coefficient (Wildman–Crippen LogP) is 1.12. The molecule has 2 N–H and O–H groups in total. The van der Waals surface area contributed by atoms with E-state index in [0.29, 0.717) is 13.0 Å². The Bertz CT molecular complexity index is 780. The van der Waals surface area contributed by atoms with Gasteiger partial charge in [-0.05, 0) is 17.5 Å². The Morgan fingerprint density at radius 1 is 1.54 bits per heavy atom. The number of nitrogens with one attached hydrogen (secondary N) is 1. The molecule has 1 amide bonds. The number of fused-ring (bicyclic) bond motifs is 1. The average molecular weight is 358 g/mol. The molecule has 2 fully saturated rings. The molecule has 3 aliphatic rings. The molecular formula is C16H18N6O4. The summed E-state index contributed by atoms with van der Waals surface area (Å²) in [6, 6.07) is 8.22. The van der Waals surface area contributed by atoms with Crippen LogP contribution in [0.15, 0.2) is 40.4 Å². The van der Waals surface area contributed by atoms with Crippen molar-refractivity contribution in [3.63, 3.8) is 0 Å². The lowest BCUT2D eigenvalue weighted by Gasteiger charge is -2.43. The first-order chi connectivity index (χ1) is 12.6. The molecule has 0 aliphatic carbocycles. The van der Waals surface area contributed by atoms with E-state index in [0.717, 1.165) is 5.56 Å². The van der Waals surface area contributed by atoms with E-state index in [2.05, 4.69) is 20.3 Å². The average Bonchev–Trinajstić information content (AvgIpc) is 3.12. The fraction of sp³-hybridized carbons (Fsp3) is 0.500. The number of azide groups is 1. The summed E-state index contributed by atoms with van der Waals surface area (Å²) in [5.74, 6) is 0.270. The first-order valence-corrected chi connectivity index (χ1v) is 8.34. The second-order valence-electron chi connectivity index (χ2n) is 6.38. The van der Waals surface area contributed by atoms with Crippen LogP contribution in [-0.4, -0.2) is 59.1 Å². The second-order valence-corrected chi connectivity index (χ2v) is 6.38. The van der Waals surface area contributed by atoms with Crippen molar-refractivity contribution in [3.8, 4) is 0 Å². The van der Waals surface area contributed by atoms with Crippen LogP contribution < -0.4 is 5.32 Å². The van der Waals surface area contributed by atoms with Crippen LogP contribution >= 0.6 is 0 Å². The summed E-state index contributed by atoms with van der Waals surface area (Å²) in [4.78, 5) is 21.1. The summed E-state index contributed by atoms with van der Waals surface area (Å²) in [6.07, 6.45) is -1.06. The standard InChI is InChI=1S/C16H18N6O4/c17-21-20-13-11-9-26-16(13)12(23)6-7-22(16)14(18-11)19-15(24)25-8-10-4-2-1-3-5-10/h1-5,11-13,23H,6-9H2,(H,18,19,24)/t11-,12+,13-,16+/m0/s1. The van der Waals surface area contributed by atoms with Crippen LogP contribution in [0.5, 0.6) is 0 Å². The zero-order valence-electron chi connectivity index (χ0n) is 13.9. The van der Waals surface area contributed by atoms with Crippen LogP contribution in [0.2, 0.25) is 0 Å². The Kier molecular flexibility index (Phi) is 4.15. The molecule has 26 heavy (non-hydrogen) atoms. The van der Waals surface area contributed by atoms with Crippen LogP contribution in [-0.2, 0) is 16.1 Å². The van der Waals surface area contributed by atoms with Crippen molar-refractivity contribution in [2.45, 2.75) is 36.9 Å². The van der Waals surface area contributed by atoms with E-state index in [-0.39, 0.29) is 19.2 Å². The lowest BCUT2D eigenvalue weighted by Crippen LogP contribution is -2.65. The molecular weight excluding hydrogens is 340 g/mol. The number of aliphatic hydroxyl groups excluding tert-OH is 1. The number of hydrogen-bond acceptors (Lipinski definition) is 7. The normalized spacial score (nSPS) is 31.7. The van der Waals surface area contributed by atoms with Crippen LogP contribution in [0.4, 0.5) is 4.79 Å². The number of hydrogen-bond donors (Lipinski definition) is 2. The molecule has 0 aromatic heterocycles. The van der Waals surface area contributed by atoms with Gasteiger partial charge in [-0.15, -0.1) is 0 Å². The Morgan fingerprint density at radius 3 is 3.12 bits per heavy atom. The van der Waals surface area contributed by atoms with Crippen LogP contribution in [0.1, 0.15) is 12.0 Å². The van der Waals surface area contributed by atoms with Crippen molar-refractivity contribution in [1.82, 2.24) is 10.2 Å². The van der Waals surface area contributed by atoms with Crippen molar-refractivity contribution >= 4 is 12.1 Å². The van der Waals surface area contributed by atoms with E-state index >= 15 is 0 Å². The highest BCUT2D eigenvalue weighted by atomic mass is 16.6. The van der Waals surface area contributed by atoms with Gasteiger partial charge < -0.3 is 19.5 Å². The fourth-order valence-corrected chi connectivity index (χ4v) is 3.79. The number of ether oxygens (including phenoxy) is 2. The van der Waals surface area contributed by atoms with E-state index in [1.54, 1.807) is 4.90 Å². The Hall–Kier alpha value is -2.81. The van der Waals surface area contributed by atoms with Gasteiger partial charge in [-0.3, -0.25) is 5.32 Å². The predicted molar refractivity (Wildman–Crippen MR) is 89.9 cm³/mol.